The molecule has 7 heteroatoms. The zero-order valence-electron chi connectivity index (χ0n) is 8.19. The van der Waals surface area contributed by atoms with Gasteiger partial charge in [-0.2, -0.15) is 0 Å². The second-order valence-electron chi connectivity index (χ2n) is 3.04. The second kappa shape index (κ2) is 4.09. The summed E-state index contributed by atoms with van der Waals surface area (Å²) in [7, 11) is 1.59. The van der Waals surface area contributed by atoms with Gasteiger partial charge >= 0.3 is 0 Å². The van der Waals surface area contributed by atoms with Crippen LogP contribution in [-0.4, -0.2) is 25.8 Å². The summed E-state index contributed by atoms with van der Waals surface area (Å²) in [5.74, 6) is -0.849. The lowest BCUT2D eigenvalue weighted by Crippen LogP contribution is -2.10. The first-order chi connectivity index (χ1) is 7.59. The van der Waals surface area contributed by atoms with Crippen LogP contribution in [-0.2, 0) is 7.05 Å². The monoisotopic (exact) mass is 284 g/mol. The van der Waals surface area contributed by atoms with Crippen molar-refractivity contribution in [3.63, 3.8) is 0 Å². The molecule has 5 nitrogen and oxygen atoms in total. The minimum Gasteiger partial charge on any atom is -0.285 e. The summed E-state index contributed by atoms with van der Waals surface area (Å²) in [6, 6.07) is 2.50. The van der Waals surface area contributed by atoms with Gasteiger partial charge in [-0.15, -0.1) is 5.10 Å². The third kappa shape index (κ3) is 1.85. The first kappa shape index (κ1) is 10.9. The average Bonchev–Trinajstić information content (AvgIpc) is 2.59. The molecule has 0 aliphatic rings. The van der Waals surface area contributed by atoms with Gasteiger partial charge in [0, 0.05) is 7.05 Å². The van der Waals surface area contributed by atoms with Crippen LogP contribution in [0, 0.1) is 5.82 Å². The fourth-order valence-electron chi connectivity index (χ4n) is 1.20. The van der Waals surface area contributed by atoms with Gasteiger partial charge in [-0.25, -0.2) is 14.1 Å². The van der Waals surface area contributed by atoms with Crippen molar-refractivity contribution in [2.24, 2.45) is 7.05 Å². The zero-order valence-corrected chi connectivity index (χ0v) is 9.77. The fourth-order valence-corrected chi connectivity index (χ4v) is 1.71. The maximum Gasteiger partial charge on any atom is 0.232 e. The molecule has 0 atom stereocenters. The van der Waals surface area contributed by atoms with Gasteiger partial charge in [0.15, 0.2) is 4.60 Å². The molecule has 82 valence electrons. The summed E-state index contributed by atoms with van der Waals surface area (Å²) in [5, 5.41) is 7.36. The molecule has 0 fully saturated rings. The standard InChI is InChI=1S/C9H6BrFN4O/c1-15-7(9(10)13-14-15)8(16)6-3-2-5(11)4-12-6/h2-4H,1H3. The minimum atomic E-state index is -0.487. The molecule has 0 saturated carbocycles. The van der Waals surface area contributed by atoms with Crippen molar-refractivity contribution < 1.29 is 9.18 Å². The molecule has 0 bridgehead atoms. The van der Waals surface area contributed by atoms with Crippen molar-refractivity contribution in [3.05, 3.63) is 40.1 Å². The molecule has 0 N–H and O–H groups in total. The molecule has 2 aromatic heterocycles. The highest BCUT2D eigenvalue weighted by molar-refractivity contribution is 9.10. The Labute approximate surface area is 98.4 Å². The number of ketones is 1. The molecule has 0 aliphatic heterocycles. The number of carbonyl (C=O) groups is 1. The van der Waals surface area contributed by atoms with Gasteiger partial charge in [0.05, 0.1) is 6.20 Å². The average molecular weight is 285 g/mol. The van der Waals surface area contributed by atoms with Crippen molar-refractivity contribution in [2.75, 3.05) is 0 Å². The van der Waals surface area contributed by atoms with Crippen LogP contribution in [0.15, 0.2) is 22.9 Å². The molecule has 0 unspecified atom stereocenters. The van der Waals surface area contributed by atoms with Gasteiger partial charge in [-0.3, -0.25) is 4.79 Å². The number of halogens is 2. The maximum atomic E-state index is 12.6. The van der Waals surface area contributed by atoms with E-state index in [2.05, 4.69) is 31.2 Å². The van der Waals surface area contributed by atoms with Crippen LogP contribution in [0.25, 0.3) is 0 Å². The molecule has 0 aromatic carbocycles. The maximum absolute atomic E-state index is 12.6. The number of nitrogens with zero attached hydrogens (tertiary/aromatic N) is 4. The van der Waals surface area contributed by atoms with E-state index in [1.807, 2.05) is 0 Å². The predicted molar refractivity (Wildman–Crippen MR) is 56.3 cm³/mol. The summed E-state index contributed by atoms with van der Waals surface area (Å²) in [6.07, 6.45) is 0.991. The number of hydrogen-bond donors (Lipinski definition) is 0. The van der Waals surface area contributed by atoms with Gasteiger partial charge in [-0.1, -0.05) is 5.21 Å². The van der Waals surface area contributed by atoms with E-state index in [4.69, 9.17) is 0 Å². The highest BCUT2D eigenvalue weighted by Crippen LogP contribution is 2.15. The number of rotatable bonds is 2. The lowest BCUT2D eigenvalue weighted by Gasteiger charge is -2.00. The predicted octanol–water partition coefficient (Wildman–Crippen LogP) is 1.34. The first-order valence-electron chi connectivity index (χ1n) is 4.31. The first-order valence-corrected chi connectivity index (χ1v) is 5.10. The highest BCUT2D eigenvalue weighted by atomic mass is 79.9. The van der Waals surface area contributed by atoms with Gasteiger partial charge < -0.3 is 0 Å². The normalized spacial score (nSPS) is 10.4. The number of hydrogen-bond acceptors (Lipinski definition) is 4. The summed E-state index contributed by atoms with van der Waals surface area (Å²) in [4.78, 5) is 15.6. The lowest BCUT2D eigenvalue weighted by molar-refractivity contribution is 0.102. The van der Waals surface area contributed by atoms with Gasteiger partial charge in [0.1, 0.15) is 17.2 Å². The molecule has 0 saturated heterocycles. The Morgan fingerprint density at radius 3 is 2.75 bits per heavy atom. The summed E-state index contributed by atoms with van der Waals surface area (Å²) in [5.41, 5.74) is 0.423. The van der Waals surface area contributed by atoms with Gasteiger partial charge in [0.2, 0.25) is 5.78 Å². The summed E-state index contributed by atoms with van der Waals surface area (Å²) >= 11 is 3.11. The summed E-state index contributed by atoms with van der Waals surface area (Å²) < 4.78 is 14.3. The Bertz CT molecular complexity index is 517. The third-order valence-electron chi connectivity index (χ3n) is 1.96. The second-order valence-corrected chi connectivity index (χ2v) is 3.79. The molecule has 2 heterocycles. The van der Waals surface area contributed by atoms with Crippen LogP contribution in [0.2, 0.25) is 0 Å². The molecule has 0 amide bonds. The fraction of sp³-hybridized carbons (Fsp3) is 0.111. The van der Waals surface area contributed by atoms with E-state index in [1.54, 1.807) is 7.05 Å². The largest absolute Gasteiger partial charge is 0.285 e. The SMILES string of the molecule is Cn1nnc(Br)c1C(=O)c1ccc(F)cn1. The topological polar surface area (TPSA) is 60.7 Å². The molecule has 0 aliphatic carbocycles. The van der Waals surface area contributed by atoms with Crippen LogP contribution in [0.5, 0.6) is 0 Å². The van der Waals surface area contributed by atoms with Crippen LogP contribution in [0.1, 0.15) is 16.2 Å². The van der Waals surface area contributed by atoms with Crippen molar-refractivity contribution >= 4 is 21.7 Å². The van der Waals surface area contributed by atoms with E-state index in [-0.39, 0.29) is 17.2 Å². The molecular formula is C9H6BrFN4O. The van der Waals surface area contributed by atoms with E-state index in [0.717, 1.165) is 6.20 Å². The Kier molecular flexibility index (Phi) is 2.78. The van der Waals surface area contributed by atoms with Crippen LogP contribution in [0.4, 0.5) is 4.39 Å². The third-order valence-corrected chi connectivity index (χ3v) is 2.49. The van der Waals surface area contributed by atoms with Crippen LogP contribution >= 0.6 is 15.9 Å². The van der Waals surface area contributed by atoms with Crippen molar-refractivity contribution in [1.82, 2.24) is 20.0 Å². The number of aromatic nitrogens is 4. The number of carbonyl (C=O) groups excluding carboxylic acids is 1. The van der Waals surface area contributed by atoms with Crippen molar-refractivity contribution in [1.29, 1.82) is 0 Å². The Morgan fingerprint density at radius 2 is 2.25 bits per heavy atom. The van der Waals surface area contributed by atoms with Gasteiger partial charge in [0.25, 0.3) is 0 Å². The molecule has 16 heavy (non-hydrogen) atoms. The smallest absolute Gasteiger partial charge is 0.232 e. The van der Waals surface area contributed by atoms with E-state index in [1.165, 1.54) is 16.8 Å². The van der Waals surface area contributed by atoms with E-state index in [0.29, 0.717) is 4.60 Å². The van der Waals surface area contributed by atoms with Crippen molar-refractivity contribution in [3.8, 4) is 0 Å². The number of pyridine rings is 1. The number of aryl methyl sites for hydroxylation is 1. The van der Waals surface area contributed by atoms with E-state index in [9.17, 15) is 9.18 Å². The van der Waals surface area contributed by atoms with Crippen molar-refractivity contribution in [2.45, 2.75) is 0 Å². The van der Waals surface area contributed by atoms with Crippen LogP contribution < -0.4 is 0 Å². The van der Waals surface area contributed by atoms with Crippen LogP contribution in [0.3, 0.4) is 0 Å². The molecular weight excluding hydrogens is 279 g/mol. The Balaban J connectivity index is 2.43. The lowest BCUT2D eigenvalue weighted by atomic mass is 10.2. The Morgan fingerprint density at radius 1 is 1.50 bits per heavy atom. The molecule has 0 radical (unpaired) electrons. The molecule has 2 rings (SSSR count). The highest BCUT2D eigenvalue weighted by Gasteiger charge is 2.19. The molecule has 0 spiro atoms. The Hall–Kier alpha value is -1.63. The zero-order chi connectivity index (χ0) is 11.7. The van der Waals surface area contributed by atoms with E-state index >= 15 is 0 Å². The minimum absolute atomic E-state index is 0.146. The van der Waals surface area contributed by atoms with Gasteiger partial charge in [-0.05, 0) is 28.1 Å². The quantitative estimate of drug-likeness (QED) is 0.781. The summed E-state index contributed by atoms with van der Waals surface area (Å²) in [6.45, 7) is 0. The van der Waals surface area contributed by atoms with E-state index < -0.39 is 5.82 Å². The molecule has 2 aromatic rings.